The number of nitrogens with one attached hydrogen (secondary N) is 2. The van der Waals surface area contributed by atoms with Crippen LogP contribution in [-0.2, 0) is 14.3 Å². The molecular weight excluding hydrogens is 358 g/mol. The Morgan fingerprint density at radius 2 is 1.79 bits per heavy atom. The van der Waals surface area contributed by atoms with Gasteiger partial charge in [-0.2, -0.15) is 5.26 Å². The Balaban J connectivity index is 2.73. The molecule has 0 bridgehead atoms. The average molecular weight is 387 g/mol. The van der Waals surface area contributed by atoms with Crippen LogP contribution in [-0.4, -0.2) is 36.0 Å². The van der Waals surface area contributed by atoms with Crippen LogP contribution in [0.25, 0.3) is 0 Å². The van der Waals surface area contributed by atoms with Crippen LogP contribution in [0.2, 0.25) is 0 Å². The van der Waals surface area contributed by atoms with E-state index < -0.39 is 30.1 Å². The summed E-state index contributed by atoms with van der Waals surface area (Å²) in [5.74, 6) is -2.00. The Labute approximate surface area is 166 Å². The molecule has 152 valence electrons. The number of carbonyl (C=O) groups excluding carboxylic acids is 3. The molecule has 28 heavy (non-hydrogen) atoms. The number of rotatable bonds is 8. The Kier molecular flexibility index (Phi) is 8.17. The van der Waals surface area contributed by atoms with Crippen molar-refractivity contribution in [3.63, 3.8) is 0 Å². The van der Waals surface area contributed by atoms with Crippen LogP contribution in [0.15, 0.2) is 24.3 Å². The van der Waals surface area contributed by atoms with Gasteiger partial charge in [0, 0.05) is 5.56 Å². The number of nitrogens with zero attached hydrogens (tertiary/aromatic N) is 1. The summed E-state index contributed by atoms with van der Waals surface area (Å²) in [5, 5.41) is 14.5. The fraction of sp³-hybridized carbons (Fsp3) is 0.524. The van der Waals surface area contributed by atoms with Crippen LogP contribution in [0.1, 0.15) is 50.5 Å². The van der Waals surface area contributed by atoms with Crippen LogP contribution >= 0.6 is 0 Å². The van der Waals surface area contributed by atoms with E-state index in [2.05, 4.69) is 16.7 Å². The van der Waals surface area contributed by atoms with Gasteiger partial charge in [0.05, 0.1) is 6.07 Å². The van der Waals surface area contributed by atoms with Gasteiger partial charge < -0.3 is 15.4 Å². The molecular formula is C21H29N3O4. The van der Waals surface area contributed by atoms with Crippen LogP contribution in [0.3, 0.4) is 0 Å². The fourth-order valence-electron chi connectivity index (χ4n) is 2.40. The molecule has 0 heterocycles. The van der Waals surface area contributed by atoms with Crippen molar-refractivity contribution in [3.05, 3.63) is 35.4 Å². The lowest BCUT2D eigenvalue weighted by Gasteiger charge is -2.27. The van der Waals surface area contributed by atoms with Crippen molar-refractivity contribution >= 4 is 17.8 Å². The lowest BCUT2D eigenvalue weighted by Crippen LogP contribution is -2.51. The number of ether oxygens (including phenoxy) is 1. The standard InChI is InChI=1S/C21H29N3O4/c1-13(2)18(23-19(26)16-10-8-7-9-15(16)5)20(27)28-11-17(25)24-21(6,12-22)14(3)4/h7-10,13-14,18H,11H2,1-6H3,(H,23,26)(H,24,25)/t18-,21+/m1/s1. The zero-order chi connectivity index (χ0) is 21.5. The van der Waals surface area contributed by atoms with Gasteiger partial charge in [-0.25, -0.2) is 4.79 Å². The zero-order valence-electron chi connectivity index (χ0n) is 17.3. The Bertz CT molecular complexity index is 767. The van der Waals surface area contributed by atoms with Gasteiger partial charge in [0.25, 0.3) is 11.8 Å². The van der Waals surface area contributed by atoms with E-state index in [1.165, 1.54) is 0 Å². The molecule has 1 rings (SSSR count). The summed E-state index contributed by atoms with van der Waals surface area (Å²) in [4.78, 5) is 37.0. The van der Waals surface area contributed by atoms with E-state index in [4.69, 9.17) is 4.74 Å². The molecule has 1 aromatic rings. The highest BCUT2D eigenvalue weighted by molar-refractivity contribution is 5.98. The lowest BCUT2D eigenvalue weighted by molar-refractivity contribution is -0.151. The van der Waals surface area contributed by atoms with Gasteiger partial charge in [-0.15, -0.1) is 0 Å². The molecule has 0 fully saturated rings. The lowest BCUT2D eigenvalue weighted by atomic mass is 9.90. The number of esters is 1. The highest BCUT2D eigenvalue weighted by Crippen LogP contribution is 2.15. The molecule has 0 saturated heterocycles. The second kappa shape index (κ2) is 9.88. The molecule has 0 radical (unpaired) electrons. The molecule has 1 aromatic carbocycles. The summed E-state index contributed by atoms with van der Waals surface area (Å²) in [5.41, 5.74) is 0.208. The molecule has 2 N–H and O–H groups in total. The van der Waals surface area contributed by atoms with Gasteiger partial charge in [-0.05, 0) is 37.3 Å². The highest BCUT2D eigenvalue weighted by Gasteiger charge is 2.31. The second-order valence-electron chi connectivity index (χ2n) is 7.63. The second-order valence-corrected chi connectivity index (χ2v) is 7.63. The number of hydrogen-bond donors (Lipinski definition) is 2. The molecule has 0 aliphatic rings. The van der Waals surface area contributed by atoms with E-state index in [0.717, 1.165) is 5.56 Å². The van der Waals surface area contributed by atoms with Crippen molar-refractivity contribution in [2.45, 2.75) is 53.1 Å². The zero-order valence-corrected chi connectivity index (χ0v) is 17.3. The third-order valence-electron chi connectivity index (χ3n) is 4.73. The van der Waals surface area contributed by atoms with Crippen molar-refractivity contribution in [1.29, 1.82) is 5.26 Å². The predicted molar refractivity (Wildman–Crippen MR) is 105 cm³/mol. The number of amides is 2. The summed E-state index contributed by atoms with van der Waals surface area (Å²) in [6.45, 7) is 10.1. The molecule has 0 aromatic heterocycles. The summed E-state index contributed by atoms with van der Waals surface area (Å²) in [7, 11) is 0. The number of nitriles is 1. The number of benzene rings is 1. The van der Waals surface area contributed by atoms with Crippen LogP contribution in [0.4, 0.5) is 0 Å². The fourth-order valence-corrected chi connectivity index (χ4v) is 2.40. The van der Waals surface area contributed by atoms with Crippen LogP contribution in [0, 0.1) is 30.1 Å². The van der Waals surface area contributed by atoms with Crippen molar-refractivity contribution < 1.29 is 19.1 Å². The van der Waals surface area contributed by atoms with Gasteiger partial charge >= 0.3 is 5.97 Å². The average Bonchev–Trinajstić information content (AvgIpc) is 2.63. The third kappa shape index (κ3) is 6.08. The van der Waals surface area contributed by atoms with E-state index in [-0.39, 0.29) is 17.7 Å². The summed E-state index contributed by atoms with van der Waals surface area (Å²) >= 11 is 0. The highest BCUT2D eigenvalue weighted by atomic mass is 16.5. The molecule has 0 unspecified atom stereocenters. The van der Waals surface area contributed by atoms with Gasteiger partial charge in [0.2, 0.25) is 0 Å². The first-order valence-corrected chi connectivity index (χ1v) is 9.27. The molecule has 7 nitrogen and oxygen atoms in total. The monoisotopic (exact) mass is 387 g/mol. The number of carbonyl (C=O) groups is 3. The van der Waals surface area contributed by atoms with Gasteiger partial charge in [-0.1, -0.05) is 45.9 Å². The Hall–Kier alpha value is -2.88. The van der Waals surface area contributed by atoms with Gasteiger partial charge in [-0.3, -0.25) is 9.59 Å². The smallest absolute Gasteiger partial charge is 0.329 e. The Morgan fingerprint density at radius 3 is 2.29 bits per heavy atom. The molecule has 0 aliphatic carbocycles. The minimum Gasteiger partial charge on any atom is -0.454 e. The molecule has 0 saturated carbocycles. The Morgan fingerprint density at radius 1 is 1.18 bits per heavy atom. The maximum absolute atomic E-state index is 12.5. The van der Waals surface area contributed by atoms with Gasteiger partial charge in [0.15, 0.2) is 6.61 Å². The maximum atomic E-state index is 12.5. The maximum Gasteiger partial charge on any atom is 0.329 e. The van der Waals surface area contributed by atoms with E-state index in [1.54, 1.807) is 32.9 Å². The van der Waals surface area contributed by atoms with Crippen molar-refractivity contribution in [3.8, 4) is 6.07 Å². The third-order valence-corrected chi connectivity index (χ3v) is 4.73. The molecule has 2 amide bonds. The van der Waals surface area contributed by atoms with E-state index in [9.17, 15) is 19.6 Å². The minimum atomic E-state index is -1.06. The molecule has 0 spiro atoms. The molecule has 2 atom stereocenters. The van der Waals surface area contributed by atoms with E-state index >= 15 is 0 Å². The normalized spacial score (nSPS) is 14.0. The number of aryl methyl sites for hydroxylation is 1. The first-order valence-electron chi connectivity index (χ1n) is 9.27. The SMILES string of the molecule is Cc1ccccc1C(=O)N[C@@H](C(=O)OCC(=O)N[C@@](C)(C#N)C(C)C)C(C)C. The minimum absolute atomic E-state index is 0.117. The van der Waals surface area contributed by atoms with Crippen molar-refractivity contribution in [1.82, 2.24) is 10.6 Å². The predicted octanol–water partition coefficient (Wildman–Crippen LogP) is 2.35. The van der Waals surface area contributed by atoms with Crippen molar-refractivity contribution in [2.24, 2.45) is 11.8 Å². The van der Waals surface area contributed by atoms with Crippen LogP contribution < -0.4 is 10.6 Å². The first kappa shape index (κ1) is 23.2. The summed E-state index contributed by atoms with van der Waals surface area (Å²) in [6.07, 6.45) is 0. The van der Waals surface area contributed by atoms with E-state index in [1.807, 2.05) is 32.9 Å². The molecule has 7 heteroatoms. The summed E-state index contributed by atoms with van der Waals surface area (Å²) in [6, 6.07) is 8.22. The topological polar surface area (TPSA) is 108 Å². The molecule has 0 aliphatic heterocycles. The van der Waals surface area contributed by atoms with E-state index in [0.29, 0.717) is 5.56 Å². The number of hydrogen-bond acceptors (Lipinski definition) is 5. The van der Waals surface area contributed by atoms with Gasteiger partial charge in [0.1, 0.15) is 11.6 Å². The largest absolute Gasteiger partial charge is 0.454 e. The quantitative estimate of drug-likeness (QED) is 0.666. The van der Waals surface area contributed by atoms with Crippen LogP contribution in [0.5, 0.6) is 0 Å². The first-order chi connectivity index (χ1) is 13.0. The summed E-state index contributed by atoms with van der Waals surface area (Å²) < 4.78 is 5.09. The van der Waals surface area contributed by atoms with Crippen molar-refractivity contribution in [2.75, 3.05) is 6.61 Å².